The van der Waals surface area contributed by atoms with E-state index in [2.05, 4.69) is 91.6 Å². The van der Waals surface area contributed by atoms with Gasteiger partial charge in [0.15, 0.2) is 0 Å². The number of thioether (sulfide) groups is 2. The summed E-state index contributed by atoms with van der Waals surface area (Å²) >= 11 is 4.54. The van der Waals surface area contributed by atoms with E-state index in [0.717, 1.165) is 18.0 Å². The van der Waals surface area contributed by atoms with Crippen molar-refractivity contribution in [3.8, 4) is 0 Å². The molecule has 0 aromatic carbocycles. The molecule has 4 nitrogen and oxygen atoms in total. The average molecular weight is 1060 g/mol. The second-order valence-electron chi connectivity index (χ2n) is 24.2. The molecule has 0 aromatic rings. The van der Waals surface area contributed by atoms with Crippen molar-refractivity contribution in [2.75, 3.05) is 88.5 Å². The zero-order valence-electron chi connectivity index (χ0n) is 51.6. The van der Waals surface area contributed by atoms with Gasteiger partial charge in [-0.2, -0.15) is 23.5 Å². The van der Waals surface area contributed by atoms with E-state index in [1.165, 1.54) is 365 Å². The highest BCUT2D eigenvalue weighted by molar-refractivity contribution is 7.99. The van der Waals surface area contributed by atoms with Gasteiger partial charge >= 0.3 is 0 Å². The zero-order valence-corrected chi connectivity index (χ0v) is 53.3. The molecule has 0 bridgehead atoms. The Balaban J connectivity index is 2.60. The monoisotopic (exact) mass is 1060 g/mol. The van der Waals surface area contributed by atoms with Crippen LogP contribution in [0.5, 0.6) is 0 Å². The van der Waals surface area contributed by atoms with Crippen LogP contribution in [0.4, 0.5) is 0 Å². The van der Waals surface area contributed by atoms with E-state index in [-0.39, 0.29) is 0 Å². The minimum Gasteiger partial charge on any atom is -0.303 e. The van der Waals surface area contributed by atoms with E-state index < -0.39 is 0 Å². The largest absolute Gasteiger partial charge is 0.303 e. The molecule has 1 fully saturated rings. The van der Waals surface area contributed by atoms with Gasteiger partial charge in [0.05, 0.1) is 0 Å². The lowest BCUT2D eigenvalue weighted by atomic mass is 10.00. The van der Waals surface area contributed by atoms with Crippen molar-refractivity contribution < 1.29 is 0 Å². The normalized spacial score (nSPS) is 16.2. The SMILES string of the molecule is CCCCCCCCCCCCN(CCCCCCCCCCCC)CCSCCN1CC(CCC)N(CCSCCN(CCCCCCCCCCCC)CC(C)CCCCCCCCCC)CC1CCC. The van der Waals surface area contributed by atoms with Gasteiger partial charge in [-0.25, -0.2) is 0 Å². The van der Waals surface area contributed by atoms with Crippen LogP contribution < -0.4 is 0 Å². The smallest absolute Gasteiger partial charge is 0.0224 e. The molecule has 1 rings (SSSR count). The van der Waals surface area contributed by atoms with Crippen LogP contribution in [0.1, 0.15) is 325 Å². The molecule has 1 aliphatic rings. The first-order valence-corrected chi connectivity index (χ1v) is 36.4. The standard InChI is InChI=1S/C67H138N4S2/c1-8-14-18-22-26-30-33-37-41-45-51-68(52-46-42-38-34-31-27-23-19-15-9-2)54-58-72-60-56-70-63-67(49-13-6)71(64-66(70)48-12-5)57-61-73-59-55-69(53-47-43-39-35-32-28-24-20-16-10-3)62-65(7)50-44-40-36-29-25-21-17-11-4/h65-67H,8-64H2,1-7H3. The summed E-state index contributed by atoms with van der Waals surface area (Å²) < 4.78 is 0. The quantitative estimate of drug-likeness (QED) is 0.0559. The predicted molar refractivity (Wildman–Crippen MR) is 340 cm³/mol. The molecule has 73 heavy (non-hydrogen) atoms. The third-order valence-electron chi connectivity index (χ3n) is 16.9. The molecule has 1 heterocycles. The van der Waals surface area contributed by atoms with Crippen molar-refractivity contribution in [3.63, 3.8) is 0 Å². The average Bonchev–Trinajstić information content (AvgIpc) is 3.39. The van der Waals surface area contributed by atoms with Crippen molar-refractivity contribution in [2.24, 2.45) is 5.92 Å². The maximum absolute atomic E-state index is 2.97. The van der Waals surface area contributed by atoms with Gasteiger partial charge in [0.2, 0.25) is 0 Å². The molecule has 3 unspecified atom stereocenters. The summed E-state index contributed by atoms with van der Waals surface area (Å²) in [6, 6.07) is 1.48. The third-order valence-corrected chi connectivity index (χ3v) is 18.8. The minimum atomic E-state index is 0.742. The summed E-state index contributed by atoms with van der Waals surface area (Å²) in [5.74, 6) is 6.09. The number of piperazine rings is 1. The molecule has 0 aromatic heterocycles. The fraction of sp³-hybridized carbons (Fsp3) is 1.00. The van der Waals surface area contributed by atoms with Gasteiger partial charge in [-0.3, -0.25) is 9.80 Å². The van der Waals surface area contributed by atoms with Crippen LogP contribution >= 0.6 is 23.5 Å². The Morgan fingerprint density at radius 3 is 0.945 bits per heavy atom. The predicted octanol–water partition coefficient (Wildman–Crippen LogP) is 20.9. The molecular weight excluding hydrogens is 925 g/mol. The minimum absolute atomic E-state index is 0.742. The molecule has 0 radical (unpaired) electrons. The molecule has 6 heteroatoms. The van der Waals surface area contributed by atoms with E-state index in [1.54, 1.807) is 0 Å². The van der Waals surface area contributed by atoms with Gasteiger partial charge in [-0.1, -0.05) is 286 Å². The van der Waals surface area contributed by atoms with Crippen molar-refractivity contribution in [2.45, 2.75) is 337 Å². The summed E-state index contributed by atoms with van der Waals surface area (Å²) in [7, 11) is 0. The highest BCUT2D eigenvalue weighted by Gasteiger charge is 2.32. The number of hydrogen-bond acceptors (Lipinski definition) is 6. The lowest BCUT2D eigenvalue weighted by Crippen LogP contribution is -2.59. The molecule has 0 spiro atoms. The Bertz CT molecular complexity index is 1020. The number of unbranched alkanes of at least 4 members (excludes halogenated alkanes) is 34. The van der Waals surface area contributed by atoms with Crippen molar-refractivity contribution in [1.82, 2.24) is 19.6 Å². The van der Waals surface area contributed by atoms with Crippen LogP contribution in [0.2, 0.25) is 0 Å². The van der Waals surface area contributed by atoms with Gasteiger partial charge in [0.25, 0.3) is 0 Å². The van der Waals surface area contributed by atoms with E-state index in [4.69, 9.17) is 0 Å². The summed E-state index contributed by atoms with van der Waals surface area (Å²) in [6.07, 6.45) is 61.5. The van der Waals surface area contributed by atoms with E-state index in [9.17, 15) is 0 Å². The second-order valence-corrected chi connectivity index (χ2v) is 26.6. The topological polar surface area (TPSA) is 13.0 Å². The highest BCUT2D eigenvalue weighted by Crippen LogP contribution is 2.24. The maximum Gasteiger partial charge on any atom is 0.0224 e. The molecule has 0 saturated carbocycles. The Morgan fingerprint density at radius 1 is 0.329 bits per heavy atom. The lowest BCUT2D eigenvalue weighted by Gasteiger charge is -2.47. The van der Waals surface area contributed by atoms with E-state index in [0.29, 0.717) is 0 Å². The van der Waals surface area contributed by atoms with Crippen LogP contribution in [0.15, 0.2) is 0 Å². The zero-order chi connectivity index (χ0) is 52.8. The molecule has 1 aliphatic heterocycles. The molecular formula is C67H138N4S2. The molecule has 438 valence electrons. The highest BCUT2D eigenvalue weighted by atomic mass is 32.2. The molecule has 0 amide bonds. The Labute approximate surface area is 471 Å². The summed E-state index contributed by atoms with van der Waals surface area (Å²) in [5.41, 5.74) is 0. The number of rotatable bonds is 60. The molecule has 0 aliphatic carbocycles. The van der Waals surface area contributed by atoms with Crippen LogP contribution in [0, 0.1) is 5.92 Å². The van der Waals surface area contributed by atoms with Crippen LogP contribution in [0.25, 0.3) is 0 Å². The lowest BCUT2D eigenvalue weighted by molar-refractivity contribution is 0.0282. The van der Waals surface area contributed by atoms with Crippen molar-refractivity contribution in [3.05, 3.63) is 0 Å². The van der Waals surface area contributed by atoms with Crippen LogP contribution in [0.3, 0.4) is 0 Å². The Kier molecular flexibility index (Phi) is 56.1. The second kappa shape index (κ2) is 57.2. The molecule has 0 N–H and O–H groups in total. The van der Waals surface area contributed by atoms with Crippen molar-refractivity contribution >= 4 is 23.5 Å². The van der Waals surface area contributed by atoms with Crippen LogP contribution in [-0.4, -0.2) is 120 Å². The van der Waals surface area contributed by atoms with Gasteiger partial charge in [0.1, 0.15) is 0 Å². The van der Waals surface area contributed by atoms with Gasteiger partial charge in [-0.05, 0) is 64.1 Å². The summed E-state index contributed by atoms with van der Waals surface area (Å²) in [6.45, 7) is 29.9. The first-order chi connectivity index (χ1) is 36.0. The fourth-order valence-corrected chi connectivity index (χ4v) is 14.0. The summed E-state index contributed by atoms with van der Waals surface area (Å²) in [5, 5.41) is 0. The van der Waals surface area contributed by atoms with Gasteiger partial charge in [-0.15, -0.1) is 0 Å². The van der Waals surface area contributed by atoms with E-state index in [1.807, 2.05) is 0 Å². The molecule has 3 atom stereocenters. The number of nitrogens with zero attached hydrogens (tertiary/aromatic N) is 4. The first-order valence-electron chi connectivity index (χ1n) is 34.1. The van der Waals surface area contributed by atoms with E-state index >= 15 is 0 Å². The maximum atomic E-state index is 2.97. The summed E-state index contributed by atoms with van der Waals surface area (Å²) in [4.78, 5) is 11.7. The Morgan fingerprint density at radius 2 is 0.616 bits per heavy atom. The third kappa shape index (κ3) is 46.0. The first kappa shape index (κ1) is 71.6. The number of hydrogen-bond donors (Lipinski definition) is 0. The Hall–Kier alpha value is 0.540. The van der Waals surface area contributed by atoms with Crippen molar-refractivity contribution in [1.29, 1.82) is 0 Å². The van der Waals surface area contributed by atoms with Gasteiger partial charge < -0.3 is 9.80 Å². The van der Waals surface area contributed by atoms with Crippen LogP contribution in [-0.2, 0) is 0 Å². The fourth-order valence-electron chi connectivity index (χ4n) is 12.0. The molecule has 1 saturated heterocycles. The van der Waals surface area contributed by atoms with Gasteiger partial charge in [0, 0.05) is 80.9 Å².